The Morgan fingerprint density at radius 2 is 1.65 bits per heavy atom. The maximum absolute atomic E-state index is 13.0. The van der Waals surface area contributed by atoms with Gasteiger partial charge in [-0.05, 0) is 47.9 Å². The van der Waals surface area contributed by atoms with E-state index >= 15 is 0 Å². The molecule has 2 heteroatoms. The number of aromatic nitrogens is 1. The molecule has 100 valence electrons. The first kappa shape index (κ1) is 12.8. The summed E-state index contributed by atoms with van der Waals surface area (Å²) in [6, 6.07) is 16.8. The van der Waals surface area contributed by atoms with E-state index in [-0.39, 0.29) is 5.82 Å². The van der Waals surface area contributed by atoms with Crippen molar-refractivity contribution in [3.8, 4) is 11.3 Å². The smallest absolute Gasteiger partial charge is 0.123 e. The maximum Gasteiger partial charge on any atom is 0.123 e. The standard InChI is InChI=1S/C18H16FN/c1-12(2)16-11-18(13-7-9-14(19)10-8-13)20-17-6-4-3-5-15(16)17/h3-12H,1-2H3. The van der Waals surface area contributed by atoms with Crippen LogP contribution in [0, 0.1) is 5.82 Å². The molecule has 0 bridgehead atoms. The second-order valence-electron chi connectivity index (χ2n) is 5.28. The number of hydrogen-bond acceptors (Lipinski definition) is 1. The molecule has 0 saturated heterocycles. The number of hydrogen-bond donors (Lipinski definition) is 0. The molecule has 0 aliphatic heterocycles. The summed E-state index contributed by atoms with van der Waals surface area (Å²) >= 11 is 0. The summed E-state index contributed by atoms with van der Waals surface area (Å²) in [5.41, 5.74) is 4.10. The summed E-state index contributed by atoms with van der Waals surface area (Å²) in [5.74, 6) is 0.195. The van der Waals surface area contributed by atoms with Crippen molar-refractivity contribution in [2.24, 2.45) is 0 Å². The van der Waals surface area contributed by atoms with Crippen molar-refractivity contribution in [1.29, 1.82) is 0 Å². The lowest BCUT2D eigenvalue weighted by atomic mass is 9.96. The van der Waals surface area contributed by atoms with Crippen molar-refractivity contribution >= 4 is 10.9 Å². The van der Waals surface area contributed by atoms with Gasteiger partial charge in [0.2, 0.25) is 0 Å². The van der Waals surface area contributed by atoms with Gasteiger partial charge in [-0.25, -0.2) is 9.37 Å². The minimum absolute atomic E-state index is 0.223. The highest BCUT2D eigenvalue weighted by atomic mass is 19.1. The number of pyridine rings is 1. The molecule has 0 amide bonds. The van der Waals surface area contributed by atoms with Gasteiger partial charge in [-0.1, -0.05) is 32.0 Å². The quantitative estimate of drug-likeness (QED) is 0.623. The van der Waals surface area contributed by atoms with E-state index in [2.05, 4.69) is 26.0 Å². The average molecular weight is 265 g/mol. The largest absolute Gasteiger partial charge is 0.248 e. The van der Waals surface area contributed by atoms with Crippen LogP contribution >= 0.6 is 0 Å². The van der Waals surface area contributed by atoms with Gasteiger partial charge in [0, 0.05) is 10.9 Å². The zero-order valence-corrected chi connectivity index (χ0v) is 11.6. The molecule has 1 heterocycles. The maximum atomic E-state index is 13.0. The van der Waals surface area contributed by atoms with Gasteiger partial charge >= 0.3 is 0 Å². The van der Waals surface area contributed by atoms with E-state index in [0.29, 0.717) is 5.92 Å². The number of halogens is 1. The molecule has 0 unspecified atom stereocenters. The Labute approximate surface area is 118 Å². The summed E-state index contributed by atoms with van der Waals surface area (Å²) in [5, 5.41) is 1.19. The van der Waals surface area contributed by atoms with Crippen LogP contribution in [0.5, 0.6) is 0 Å². The fraction of sp³-hybridized carbons (Fsp3) is 0.167. The van der Waals surface area contributed by atoms with Crippen LogP contribution in [0.15, 0.2) is 54.6 Å². The van der Waals surface area contributed by atoms with Crippen LogP contribution in [-0.4, -0.2) is 4.98 Å². The topological polar surface area (TPSA) is 12.9 Å². The lowest BCUT2D eigenvalue weighted by molar-refractivity contribution is 0.628. The van der Waals surface area contributed by atoms with E-state index in [4.69, 9.17) is 4.98 Å². The molecule has 1 aromatic heterocycles. The molecule has 0 radical (unpaired) electrons. The molecule has 0 aliphatic rings. The molecule has 0 fully saturated rings. The third kappa shape index (κ3) is 2.29. The van der Waals surface area contributed by atoms with E-state index in [1.165, 1.54) is 23.1 Å². The van der Waals surface area contributed by atoms with Crippen molar-refractivity contribution in [2.45, 2.75) is 19.8 Å². The first-order chi connectivity index (χ1) is 9.65. The SMILES string of the molecule is CC(C)c1cc(-c2ccc(F)cc2)nc2ccccc12. The zero-order valence-electron chi connectivity index (χ0n) is 11.6. The van der Waals surface area contributed by atoms with Gasteiger partial charge in [-0.3, -0.25) is 0 Å². The lowest BCUT2D eigenvalue weighted by Crippen LogP contribution is -1.94. The summed E-state index contributed by atoms with van der Waals surface area (Å²) in [6.45, 7) is 4.35. The first-order valence-electron chi connectivity index (χ1n) is 6.81. The average Bonchev–Trinajstić information content (AvgIpc) is 2.46. The van der Waals surface area contributed by atoms with Crippen molar-refractivity contribution < 1.29 is 4.39 Å². The molecule has 0 aliphatic carbocycles. The Morgan fingerprint density at radius 1 is 0.950 bits per heavy atom. The molecule has 20 heavy (non-hydrogen) atoms. The Hall–Kier alpha value is -2.22. The van der Waals surface area contributed by atoms with E-state index < -0.39 is 0 Å². The molecule has 0 saturated carbocycles. The monoisotopic (exact) mass is 265 g/mol. The van der Waals surface area contributed by atoms with Crippen molar-refractivity contribution in [3.63, 3.8) is 0 Å². The molecule has 3 aromatic rings. The van der Waals surface area contributed by atoms with Crippen LogP contribution in [0.25, 0.3) is 22.2 Å². The fourth-order valence-corrected chi connectivity index (χ4v) is 2.45. The van der Waals surface area contributed by atoms with Gasteiger partial charge in [-0.2, -0.15) is 0 Å². The molecule has 0 spiro atoms. The Balaban J connectivity index is 2.24. The number of rotatable bonds is 2. The van der Waals surface area contributed by atoms with Crippen LogP contribution in [-0.2, 0) is 0 Å². The highest BCUT2D eigenvalue weighted by Crippen LogP contribution is 2.29. The molecule has 3 rings (SSSR count). The highest BCUT2D eigenvalue weighted by Gasteiger charge is 2.10. The summed E-state index contributed by atoms with van der Waals surface area (Å²) in [4.78, 5) is 4.70. The molecular formula is C18H16FN. The van der Waals surface area contributed by atoms with E-state index in [0.717, 1.165) is 16.8 Å². The second kappa shape index (κ2) is 5.04. The van der Waals surface area contributed by atoms with Crippen molar-refractivity contribution in [1.82, 2.24) is 4.98 Å². The zero-order chi connectivity index (χ0) is 14.1. The molecule has 0 N–H and O–H groups in total. The van der Waals surface area contributed by atoms with Gasteiger partial charge in [0.15, 0.2) is 0 Å². The Kier molecular flexibility index (Phi) is 3.23. The lowest BCUT2D eigenvalue weighted by Gasteiger charge is -2.12. The molecule has 1 nitrogen and oxygen atoms in total. The second-order valence-corrected chi connectivity index (χ2v) is 5.28. The van der Waals surface area contributed by atoms with E-state index in [9.17, 15) is 4.39 Å². The molecule has 0 atom stereocenters. The van der Waals surface area contributed by atoms with Crippen molar-refractivity contribution in [3.05, 3.63) is 66.0 Å². The Bertz CT molecular complexity index is 745. The fourth-order valence-electron chi connectivity index (χ4n) is 2.45. The Morgan fingerprint density at radius 3 is 2.35 bits per heavy atom. The predicted molar refractivity (Wildman–Crippen MR) is 81.2 cm³/mol. The third-order valence-corrected chi connectivity index (χ3v) is 3.51. The summed E-state index contributed by atoms with van der Waals surface area (Å²) in [6.07, 6.45) is 0. The van der Waals surface area contributed by atoms with E-state index in [1.54, 1.807) is 12.1 Å². The predicted octanol–water partition coefficient (Wildman–Crippen LogP) is 5.16. The number of para-hydroxylation sites is 1. The number of nitrogens with zero attached hydrogens (tertiary/aromatic N) is 1. The third-order valence-electron chi connectivity index (χ3n) is 3.51. The first-order valence-corrected chi connectivity index (χ1v) is 6.81. The summed E-state index contributed by atoms with van der Waals surface area (Å²) < 4.78 is 13.0. The normalized spacial score (nSPS) is 11.2. The van der Waals surface area contributed by atoms with Gasteiger partial charge in [-0.15, -0.1) is 0 Å². The van der Waals surface area contributed by atoms with Gasteiger partial charge in [0.25, 0.3) is 0 Å². The van der Waals surface area contributed by atoms with Gasteiger partial charge < -0.3 is 0 Å². The molecule has 2 aromatic carbocycles. The number of benzene rings is 2. The summed E-state index contributed by atoms with van der Waals surface area (Å²) in [7, 11) is 0. The van der Waals surface area contributed by atoms with Gasteiger partial charge in [0.05, 0.1) is 11.2 Å². The van der Waals surface area contributed by atoms with Gasteiger partial charge in [0.1, 0.15) is 5.82 Å². The van der Waals surface area contributed by atoms with E-state index in [1.807, 2.05) is 18.2 Å². The molecular weight excluding hydrogens is 249 g/mol. The highest BCUT2D eigenvalue weighted by molar-refractivity contribution is 5.85. The van der Waals surface area contributed by atoms with Crippen LogP contribution in [0.4, 0.5) is 4.39 Å². The van der Waals surface area contributed by atoms with Crippen LogP contribution < -0.4 is 0 Å². The van der Waals surface area contributed by atoms with Crippen LogP contribution in [0.2, 0.25) is 0 Å². The van der Waals surface area contributed by atoms with Crippen LogP contribution in [0.3, 0.4) is 0 Å². The minimum atomic E-state index is -0.223. The minimum Gasteiger partial charge on any atom is -0.248 e. The van der Waals surface area contributed by atoms with Crippen LogP contribution in [0.1, 0.15) is 25.3 Å². The van der Waals surface area contributed by atoms with Crippen molar-refractivity contribution in [2.75, 3.05) is 0 Å². The number of fused-ring (bicyclic) bond motifs is 1.